The van der Waals surface area contributed by atoms with Crippen molar-refractivity contribution in [1.82, 2.24) is 19.9 Å². The zero-order chi connectivity index (χ0) is 15.1. The van der Waals surface area contributed by atoms with Crippen LogP contribution in [0.2, 0.25) is 0 Å². The van der Waals surface area contributed by atoms with E-state index in [1.54, 1.807) is 0 Å². The van der Waals surface area contributed by atoms with Crippen LogP contribution >= 0.6 is 0 Å². The lowest BCUT2D eigenvalue weighted by atomic mass is 10.2. The number of carboxylic acid groups (broad SMARTS) is 1. The number of nitrogens with zero attached hydrogens (tertiary/aromatic N) is 3. The highest BCUT2D eigenvalue weighted by Crippen LogP contribution is 2.31. The Morgan fingerprint density at radius 2 is 2.18 bits per heavy atom. The van der Waals surface area contributed by atoms with Crippen molar-refractivity contribution < 1.29 is 14.6 Å². The molecule has 0 bridgehead atoms. The van der Waals surface area contributed by atoms with E-state index in [1.165, 1.54) is 11.2 Å². The Kier molecular flexibility index (Phi) is 2.72. The molecule has 7 nitrogen and oxygen atoms in total. The second-order valence-corrected chi connectivity index (χ2v) is 5.07. The van der Waals surface area contributed by atoms with Crippen LogP contribution in [-0.2, 0) is 13.1 Å². The van der Waals surface area contributed by atoms with Gasteiger partial charge < -0.3 is 14.8 Å². The number of rotatable bonds is 2. The Hall–Kier alpha value is -3.09. The molecule has 1 aliphatic rings. The number of amides is 1. The van der Waals surface area contributed by atoms with Crippen molar-refractivity contribution in [2.75, 3.05) is 0 Å². The standard InChI is InChI=1S/C15H12N4O3/c20-15(21)19-6-11-13(7-19)17-8-18-14(11)22-10-1-2-12-9(5-10)3-4-16-12/h1-5,8,16H,6-7H2,(H,20,21). The van der Waals surface area contributed by atoms with Gasteiger partial charge >= 0.3 is 6.09 Å². The first-order valence-corrected chi connectivity index (χ1v) is 6.76. The predicted molar refractivity (Wildman–Crippen MR) is 77.7 cm³/mol. The number of fused-ring (bicyclic) bond motifs is 2. The Bertz CT molecular complexity index is 874. The van der Waals surface area contributed by atoms with Gasteiger partial charge in [-0.05, 0) is 24.3 Å². The normalized spacial score (nSPS) is 13.4. The number of hydrogen-bond donors (Lipinski definition) is 2. The van der Waals surface area contributed by atoms with Crippen LogP contribution in [0.15, 0.2) is 36.8 Å². The topological polar surface area (TPSA) is 91.3 Å². The number of carbonyl (C=O) groups is 1. The first kappa shape index (κ1) is 12.6. The summed E-state index contributed by atoms with van der Waals surface area (Å²) in [5.74, 6) is 1.06. The van der Waals surface area contributed by atoms with E-state index >= 15 is 0 Å². The summed E-state index contributed by atoms with van der Waals surface area (Å²) in [7, 11) is 0. The molecule has 2 aromatic heterocycles. The van der Waals surface area contributed by atoms with Crippen molar-refractivity contribution >= 4 is 17.0 Å². The van der Waals surface area contributed by atoms with Crippen molar-refractivity contribution in [3.8, 4) is 11.6 Å². The van der Waals surface area contributed by atoms with Gasteiger partial charge in [-0.2, -0.15) is 0 Å². The Balaban J connectivity index is 1.67. The van der Waals surface area contributed by atoms with Gasteiger partial charge in [-0.3, -0.25) is 4.90 Å². The molecule has 22 heavy (non-hydrogen) atoms. The Morgan fingerprint density at radius 1 is 1.27 bits per heavy atom. The van der Waals surface area contributed by atoms with Crippen LogP contribution in [0.5, 0.6) is 11.6 Å². The number of ether oxygens (including phenoxy) is 1. The van der Waals surface area contributed by atoms with Gasteiger partial charge in [-0.25, -0.2) is 14.8 Å². The highest BCUT2D eigenvalue weighted by atomic mass is 16.5. The monoisotopic (exact) mass is 296 g/mol. The van der Waals surface area contributed by atoms with Crippen LogP contribution in [0, 0.1) is 0 Å². The molecule has 1 aromatic carbocycles. The molecular weight excluding hydrogens is 284 g/mol. The lowest BCUT2D eigenvalue weighted by Gasteiger charge is -2.10. The van der Waals surface area contributed by atoms with E-state index < -0.39 is 6.09 Å². The molecule has 0 saturated heterocycles. The molecule has 7 heteroatoms. The molecule has 2 N–H and O–H groups in total. The first-order chi connectivity index (χ1) is 10.7. The molecule has 0 saturated carbocycles. The van der Waals surface area contributed by atoms with Crippen LogP contribution < -0.4 is 4.74 Å². The number of benzene rings is 1. The van der Waals surface area contributed by atoms with Gasteiger partial charge in [0, 0.05) is 17.1 Å². The lowest BCUT2D eigenvalue weighted by molar-refractivity contribution is 0.144. The van der Waals surface area contributed by atoms with Gasteiger partial charge in [0.15, 0.2) is 0 Å². The van der Waals surface area contributed by atoms with Crippen molar-refractivity contribution in [3.63, 3.8) is 0 Å². The molecular formula is C15H12N4O3. The van der Waals surface area contributed by atoms with E-state index in [9.17, 15) is 4.79 Å². The van der Waals surface area contributed by atoms with Gasteiger partial charge in [0.2, 0.25) is 5.88 Å². The number of aromatic amines is 1. The Morgan fingerprint density at radius 3 is 3.05 bits per heavy atom. The molecule has 0 atom stereocenters. The predicted octanol–water partition coefficient (Wildman–Crippen LogP) is 2.74. The molecule has 110 valence electrons. The lowest BCUT2D eigenvalue weighted by Crippen LogP contribution is -2.22. The van der Waals surface area contributed by atoms with Crippen molar-refractivity contribution in [2.24, 2.45) is 0 Å². The second-order valence-electron chi connectivity index (χ2n) is 5.07. The molecule has 0 fully saturated rings. The second kappa shape index (κ2) is 4.73. The maximum atomic E-state index is 11.1. The summed E-state index contributed by atoms with van der Waals surface area (Å²) >= 11 is 0. The van der Waals surface area contributed by atoms with Gasteiger partial charge in [0.1, 0.15) is 12.1 Å². The van der Waals surface area contributed by atoms with Crippen LogP contribution in [-0.4, -0.2) is 31.1 Å². The van der Waals surface area contributed by atoms with Crippen LogP contribution in [0.4, 0.5) is 4.79 Å². The summed E-state index contributed by atoms with van der Waals surface area (Å²) in [6, 6.07) is 7.63. The summed E-state index contributed by atoms with van der Waals surface area (Å²) in [4.78, 5) is 23.8. The average Bonchev–Trinajstić information content (AvgIpc) is 3.13. The Labute approximate surface area is 125 Å². The van der Waals surface area contributed by atoms with E-state index in [2.05, 4.69) is 15.0 Å². The fraction of sp³-hybridized carbons (Fsp3) is 0.133. The fourth-order valence-corrected chi connectivity index (χ4v) is 2.58. The summed E-state index contributed by atoms with van der Waals surface area (Å²) in [5.41, 5.74) is 2.44. The van der Waals surface area contributed by atoms with E-state index in [1.807, 2.05) is 30.5 Å². The van der Waals surface area contributed by atoms with Crippen LogP contribution in [0.3, 0.4) is 0 Å². The minimum absolute atomic E-state index is 0.243. The van der Waals surface area contributed by atoms with Crippen LogP contribution in [0.1, 0.15) is 11.3 Å². The van der Waals surface area contributed by atoms with Gasteiger partial charge in [-0.15, -0.1) is 0 Å². The number of aromatic nitrogens is 3. The third kappa shape index (κ3) is 2.03. The SMILES string of the molecule is O=C(O)N1Cc2ncnc(Oc3ccc4[nH]ccc4c3)c2C1. The van der Waals surface area contributed by atoms with Crippen molar-refractivity contribution in [2.45, 2.75) is 13.1 Å². The van der Waals surface area contributed by atoms with Crippen molar-refractivity contribution in [3.05, 3.63) is 48.0 Å². The zero-order valence-corrected chi connectivity index (χ0v) is 11.5. The summed E-state index contributed by atoms with van der Waals surface area (Å²) in [6.07, 6.45) is 2.29. The average molecular weight is 296 g/mol. The van der Waals surface area contributed by atoms with Crippen molar-refractivity contribution in [1.29, 1.82) is 0 Å². The largest absolute Gasteiger partial charge is 0.465 e. The van der Waals surface area contributed by atoms with E-state index in [0.717, 1.165) is 16.5 Å². The molecule has 0 aliphatic carbocycles. The molecule has 3 aromatic rings. The highest BCUT2D eigenvalue weighted by molar-refractivity contribution is 5.80. The maximum Gasteiger partial charge on any atom is 0.407 e. The molecule has 0 radical (unpaired) electrons. The smallest absolute Gasteiger partial charge is 0.407 e. The maximum absolute atomic E-state index is 11.1. The molecule has 3 heterocycles. The number of hydrogen-bond acceptors (Lipinski definition) is 4. The van der Waals surface area contributed by atoms with Crippen LogP contribution in [0.25, 0.3) is 10.9 Å². The number of nitrogens with one attached hydrogen (secondary N) is 1. The minimum Gasteiger partial charge on any atom is -0.465 e. The third-order valence-electron chi connectivity index (χ3n) is 3.69. The third-order valence-corrected chi connectivity index (χ3v) is 3.69. The van der Waals surface area contributed by atoms with E-state index in [0.29, 0.717) is 17.3 Å². The van der Waals surface area contributed by atoms with E-state index in [4.69, 9.17) is 9.84 Å². The summed E-state index contributed by atoms with van der Waals surface area (Å²) in [5, 5.41) is 10.1. The summed E-state index contributed by atoms with van der Waals surface area (Å²) < 4.78 is 5.84. The molecule has 1 aliphatic heterocycles. The highest BCUT2D eigenvalue weighted by Gasteiger charge is 2.28. The number of H-pyrrole nitrogens is 1. The molecule has 1 amide bonds. The molecule has 4 rings (SSSR count). The quantitative estimate of drug-likeness (QED) is 0.758. The van der Waals surface area contributed by atoms with Gasteiger partial charge in [0.05, 0.1) is 24.3 Å². The van der Waals surface area contributed by atoms with Gasteiger partial charge in [0.25, 0.3) is 0 Å². The molecule has 0 spiro atoms. The van der Waals surface area contributed by atoms with Gasteiger partial charge in [-0.1, -0.05) is 0 Å². The molecule has 0 unspecified atom stereocenters. The van der Waals surface area contributed by atoms with E-state index in [-0.39, 0.29) is 13.1 Å². The minimum atomic E-state index is -0.974. The zero-order valence-electron chi connectivity index (χ0n) is 11.5. The fourth-order valence-electron chi connectivity index (χ4n) is 2.58. The first-order valence-electron chi connectivity index (χ1n) is 6.76. The summed E-state index contributed by atoms with van der Waals surface area (Å²) in [6.45, 7) is 0.508.